The van der Waals surface area contributed by atoms with Crippen molar-refractivity contribution in [2.45, 2.75) is 193 Å². The van der Waals surface area contributed by atoms with Crippen LogP contribution in [0.2, 0.25) is 0 Å². The normalized spacial score (nSPS) is 49.3. The van der Waals surface area contributed by atoms with Crippen molar-refractivity contribution in [3.63, 3.8) is 0 Å². The quantitative estimate of drug-likeness (QED) is 0.0886. The van der Waals surface area contributed by atoms with Gasteiger partial charge < -0.3 is 74.0 Å². The Morgan fingerprint density at radius 3 is 2.03 bits per heavy atom. The lowest BCUT2D eigenvalue weighted by molar-refractivity contribution is -0.390. The molecule has 8 rings (SSSR count). The lowest BCUT2D eigenvalue weighted by Crippen LogP contribution is -2.69. The van der Waals surface area contributed by atoms with Gasteiger partial charge in [-0.15, -0.1) is 0 Å². The summed E-state index contributed by atoms with van der Waals surface area (Å²) >= 11 is 0. The third kappa shape index (κ3) is 7.74. The van der Waals surface area contributed by atoms with Crippen LogP contribution in [-0.4, -0.2) is 158 Å². The van der Waals surface area contributed by atoms with Crippen LogP contribution < -0.4 is 0 Å². The predicted molar refractivity (Wildman–Crippen MR) is 225 cm³/mol. The van der Waals surface area contributed by atoms with E-state index in [2.05, 4.69) is 54.5 Å². The van der Waals surface area contributed by atoms with Gasteiger partial charge in [0, 0.05) is 0 Å². The Labute approximate surface area is 384 Å². The average molecular weight is 939 g/mol. The first-order chi connectivity index (χ1) is 30.8. The molecule has 8 aliphatic rings. The van der Waals surface area contributed by atoms with Gasteiger partial charge in [-0.25, -0.2) is 14.4 Å². The molecule has 4 saturated carbocycles. The second kappa shape index (κ2) is 17.2. The zero-order valence-electron chi connectivity index (χ0n) is 38.9. The molecule has 8 N–H and O–H groups in total. The molecule has 5 aliphatic carbocycles. The molecule has 0 aromatic rings. The van der Waals surface area contributed by atoms with Crippen LogP contribution in [0, 0.1) is 50.2 Å². The van der Waals surface area contributed by atoms with Crippen molar-refractivity contribution >= 4 is 23.9 Å². The first-order valence-corrected chi connectivity index (χ1v) is 23.6. The second-order valence-corrected chi connectivity index (χ2v) is 22.7. The summed E-state index contributed by atoms with van der Waals surface area (Å²) in [5, 5.41) is 81.8. The van der Waals surface area contributed by atoms with Crippen molar-refractivity contribution < 1.29 is 93.2 Å². The molecule has 66 heavy (non-hydrogen) atoms. The molecule has 0 bridgehead atoms. The Hall–Kier alpha value is -2.82. The van der Waals surface area contributed by atoms with Crippen LogP contribution in [0.15, 0.2) is 11.6 Å². The van der Waals surface area contributed by atoms with E-state index in [9.17, 15) is 60.0 Å². The maximum absolute atomic E-state index is 14.7. The van der Waals surface area contributed by atoms with Crippen molar-refractivity contribution in [1.82, 2.24) is 0 Å². The number of rotatable bonds is 10. The van der Waals surface area contributed by atoms with E-state index in [4.69, 9.17) is 33.2 Å². The van der Waals surface area contributed by atoms with Gasteiger partial charge in [0.2, 0.25) is 12.4 Å². The van der Waals surface area contributed by atoms with E-state index < -0.39 is 128 Å². The Kier molecular flexibility index (Phi) is 13.0. The maximum Gasteiger partial charge on any atom is 0.338 e. The molecule has 0 unspecified atom stereocenters. The minimum Gasteiger partial charge on any atom is -0.480 e. The number of ether oxygens (including phenoxy) is 7. The number of aliphatic hydroxyl groups is 5. The number of esters is 1. The lowest BCUT2D eigenvalue weighted by atomic mass is 9.33. The summed E-state index contributed by atoms with van der Waals surface area (Å²) in [6.07, 6.45) is -10.4. The van der Waals surface area contributed by atoms with Gasteiger partial charge in [0.1, 0.15) is 49.3 Å². The fourth-order valence-electron chi connectivity index (χ4n) is 14.7. The minimum absolute atomic E-state index is 0.0791. The lowest BCUT2D eigenvalue weighted by Gasteiger charge is -2.71. The Morgan fingerprint density at radius 1 is 0.697 bits per heavy atom. The van der Waals surface area contributed by atoms with Crippen LogP contribution in [0.5, 0.6) is 0 Å². The summed E-state index contributed by atoms with van der Waals surface area (Å²) in [6.45, 7) is 14.3. The molecule has 20 atom stereocenters. The van der Waals surface area contributed by atoms with Crippen LogP contribution in [0.1, 0.15) is 113 Å². The minimum atomic E-state index is -1.88. The van der Waals surface area contributed by atoms with Crippen molar-refractivity contribution in [3.8, 4) is 0 Å². The molecule has 19 heteroatoms. The highest BCUT2D eigenvalue weighted by atomic mass is 16.8. The number of allylic oxidation sites excluding steroid dienone is 2. The van der Waals surface area contributed by atoms with Crippen LogP contribution >= 0.6 is 0 Å². The molecular weight excluding hydrogens is 868 g/mol. The summed E-state index contributed by atoms with van der Waals surface area (Å²) in [7, 11) is 0. The number of aliphatic hydroxyl groups excluding tert-OH is 5. The first kappa shape index (κ1) is 49.6. The topological polar surface area (TPSA) is 295 Å². The second-order valence-electron chi connectivity index (χ2n) is 22.7. The summed E-state index contributed by atoms with van der Waals surface area (Å²) in [4.78, 5) is 50.6. The zero-order valence-corrected chi connectivity index (χ0v) is 38.9. The van der Waals surface area contributed by atoms with E-state index in [1.54, 1.807) is 0 Å². The van der Waals surface area contributed by atoms with Gasteiger partial charge >= 0.3 is 23.9 Å². The molecule has 0 spiro atoms. The van der Waals surface area contributed by atoms with Crippen LogP contribution in [0.3, 0.4) is 0 Å². The maximum atomic E-state index is 14.7. The number of hydrogen-bond donors (Lipinski definition) is 8. The largest absolute Gasteiger partial charge is 0.480 e. The highest BCUT2D eigenvalue weighted by molar-refractivity contribution is 5.79. The number of carbonyl (C=O) groups excluding carboxylic acids is 1. The molecular formula is C47H70O19. The Bertz CT molecular complexity index is 1940. The van der Waals surface area contributed by atoms with Crippen molar-refractivity contribution in [3.05, 3.63) is 11.6 Å². The predicted octanol–water partition coefficient (Wildman–Crippen LogP) is 2.35. The number of aliphatic carboxylic acids is 3. The molecule has 19 nitrogen and oxygen atoms in total. The Morgan fingerprint density at radius 2 is 1.38 bits per heavy atom. The molecule has 372 valence electrons. The van der Waals surface area contributed by atoms with Crippen molar-refractivity contribution in [1.29, 1.82) is 0 Å². The van der Waals surface area contributed by atoms with Gasteiger partial charge in [-0.05, 0) is 109 Å². The summed E-state index contributed by atoms with van der Waals surface area (Å²) < 4.78 is 41.2. The van der Waals surface area contributed by atoms with Gasteiger partial charge in [0.15, 0.2) is 18.7 Å². The van der Waals surface area contributed by atoms with Gasteiger partial charge in [0.25, 0.3) is 0 Å². The monoisotopic (exact) mass is 938 g/mol. The zero-order chi connectivity index (χ0) is 48.3. The fourth-order valence-corrected chi connectivity index (χ4v) is 14.7. The molecule has 3 heterocycles. The van der Waals surface area contributed by atoms with E-state index in [0.29, 0.717) is 25.7 Å². The van der Waals surface area contributed by atoms with Crippen LogP contribution in [0.25, 0.3) is 0 Å². The van der Waals surface area contributed by atoms with E-state index in [1.807, 2.05) is 0 Å². The van der Waals surface area contributed by atoms with Gasteiger partial charge in [0.05, 0.1) is 18.1 Å². The van der Waals surface area contributed by atoms with E-state index in [1.165, 1.54) is 5.57 Å². The molecule has 0 radical (unpaired) electrons. The molecule has 0 amide bonds. The van der Waals surface area contributed by atoms with Crippen LogP contribution in [-0.2, 0) is 52.3 Å². The summed E-state index contributed by atoms with van der Waals surface area (Å²) in [5.41, 5.74) is -0.956. The molecule has 3 saturated heterocycles. The van der Waals surface area contributed by atoms with Crippen LogP contribution in [0.4, 0.5) is 0 Å². The molecule has 7 fully saturated rings. The summed E-state index contributed by atoms with van der Waals surface area (Å²) in [5.74, 6) is -4.81. The van der Waals surface area contributed by atoms with E-state index in [0.717, 1.165) is 38.5 Å². The van der Waals surface area contributed by atoms with Gasteiger partial charge in [-0.1, -0.05) is 60.1 Å². The van der Waals surface area contributed by atoms with Gasteiger partial charge in [-0.2, -0.15) is 0 Å². The highest BCUT2D eigenvalue weighted by Crippen LogP contribution is 2.76. The number of hydrogen-bond acceptors (Lipinski definition) is 16. The van der Waals surface area contributed by atoms with Gasteiger partial charge in [-0.3, -0.25) is 4.79 Å². The number of carbonyl (C=O) groups is 4. The first-order valence-electron chi connectivity index (χ1n) is 23.6. The SMILES string of the molecule is CC1(C)CC[C@]2(C(=O)O[C@H]3O[C@H](CO)[C@@H](O)[C@H](O)[C@H]3O)CC[C@]3(C)C(=CC[C@@H]4[C@@]5(C)CC[C@H](O[C@@H]6O[C@H](C(=O)O)[C@@H](O)[C@@H]7O[C@H](C(=O)O)[C@@H](OCC(=O)O)O[C@@H]67)C(C)(C)[C@H]5CC[C@]43C)[C@H]2C1. The standard InChI is InChI=1S/C47H70O19/c1-42(2)14-16-47(41(59)66-38-30(53)29(52)28(51)23(19-48)61-38)17-15-45(6)21(22(47)18-42)8-9-25-44(5)12-11-26(43(3,4)24(44)10-13-46(25,45)7)62-40-34-32(31(54)33(64-40)36(55)56)63-35(37(57)58)39(65-34)60-20-27(49)50/h8,22-26,28-35,38-40,48,51-54H,9-20H2,1-7H3,(H,49,50)(H,55,56)(H,57,58)/t22-,23-,24-,25-,26+,28-,29+,30-,31+,32+,33+,34-,35-,38-,39+,40-,44+,45-,46-,47+/m1/s1. The number of fused-ring (bicyclic) bond motifs is 8. The third-order valence-corrected chi connectivity index (χ3v) is 18.6. The molecule has 3 aliphatic heterocycles. The Balaban J connectivity index is 1.05. The smallest absolute Gasteiger partial charge is 0.338 e. The van der Waals surface area contributed by atoms with E-state index in [-0.39, 0.29) is 39.4 Å². The number of carboxylic acids is 3. The fraction of sp³-hybridized carbons (Fsp3) is 0.872. The average Bonchev–Trinajstić information content (AvgIpc) is 3.24. The van der Waals surface area contributed by atoms with Crippen molar-refractivity contribution in [2.24, 2.45) is 50.2 Å². The van der Waals surface area contributed by atoms with E-state index >= 15 is 0 Å². The van der Waals surface area contributed by atoms with Crippen molar-refractivity contribution in [2.75, 3.05) is 13.2 Å². The number of carboxylic acid groups (broad SMARTS) is 3. The third-order valence-electron chi connectivity index (χ3n) is 18.6. The summed E-state index contributed by atoms with van der Waals surface area (Å²) in [6, 6.07) is 0. The molecule has 0 aromatic heterocycles. The molecule has 0 aromatic carbocycles. The highest BCUT2D eigenvalue weighted by Gasteiger charge is 2.70.